The van der Waals surface area contributed by atoms with Crippen LogP contribution in [-0.2, 0) is 4.57 Å². The summed E-state index contributed by atoms with van der Waals surface area (Å²) in [5, 5.41) is 5.70. The fraction of sp³-hybridized carbons (Fsp3) is 0. The van der Waals surface area contributed by atoms with E-state index in [2.05, 4.69) is 95.6 Å². The molecule has 0 aliphatic carbocycles. The van der Waals surface area contributed by atoms with Crippen LogP contribution in [0.3, 0.4) is 0 Å². The van der Waals surface area contributed by atoms with Gasteiger partial charge in [-0.3, -0.25) is 4.98 Å². The Hall–Kier alpha value is -6.48. The molecule has 52 heavy (non-hydrogen) atoms. The van der Waals surface area contributed by atoms with Gasteiger partial charge in [0.25, 0.3) is 0 Å². The number of rotatable bonds is 6. The van der Waals surface area contributed by atoms with Crippen molar-refractivity contribution < 1.29 is 8.98 Å². The fourth-order valence-electron chi connectivity index (χ4n) is 7.59. The van der Waals surface area contributed by atoms with Crippen LogP contribution in [0.15, 0.2) is 193 Å². The van der Waals surface area contributed by atoms with Crippen molar-refractivity contribution in [1.29, 1.82) is 0 Å². The van der Waals surface area contributed by atoms with Gasteiger partial charge in [0.05, 0.1) is 16.6 Å². The first kappa shape index (κ1) is 30.4. The number of furan rings is 1. The molecule has 0 atom stereocenters. The molecular weight excluding hydrogens is 656 g/mol. The van der Waals surface area contributed by atoms with Gasteiger partial charge in [-0.1, -0.05) is 121 Å². The Morgan fingerprint density at radius 2 is 0.942 bits per heavy atom. The van der Waals surface area contributed by atoms with Crippen LogP contribution < -0.4 is 15.9 Å². The summed E-state index contributed by atoms with van der Waals surface area (Å²) in [5.74, 6) is 0. The highest BCUT2D eigenvalue weighted by Gasteiger charge is 2.29. The van der Waals surface area contributed by atoms with Crippen molar-refractivity contribution in [2.75, 3.05) is 0 Å². The first-order chi connectivity index (χ1) is 25.6. The van der Waals surface area contributed by atoms with Crippen LogP contribution in [0.1, 0.15) is 0 Å². The lowest BCUT2D eigenvalue weighted by Gasteiger charge is -2.20. The minimum absolute atomic E-state index is 0.812. The Balaban J connectivity index is 1.05. The molecule has 10 aromatic rings. The van der Waals surface area contributed by atoms with Crippen molar-refractivity contribution >= 4 is 66.9 Å². The standard InChI is InChI=1S/C47H31N2O2P/c50-52(37-13-6-2-7-14-37,38-15-8-3-9-16-38)39-23-18-32(19-24-39)33-21-26-45-40(29-33)41-30-35(22-27-46(41)51-45)34-20-25-43-42(31-34)47-44(17-10-28-48-47)49(43)36-11-4-1-5-12-36/h1-31H. The number of fused-ring (bicyclic) bond motifs is 6. The molecular formula is C47H31N2O2P. The molecule has 0 amide bonds. The molecule has 0 N–H and O–H groups in total. The number of hydrogen-bond acceptors (Lipinski definition) is 3. The minimum atomic E-state index is -3.05. The summed E-state index contributed by atoms with van der Waals surface area (Å²) >= 11 is 0. The molecule has 10 rings (SSSR count). The summed E-state index contributed by atoms with van der Waals surface area (Å²) in [5.41, 5.74) is 10.4. The average molecular weight is 687 g/mol. The van der Waals surface area contributed by atoms with Gasteiger partial charge in [-0.15, -0.1) is 0 Å². The van der Waals surface area contributed by atoms with E-state index in [-0.39, 0.29) is 0 Å². The van der Waals surface area contributed by atoms with Crippen molar-refractivity contribution in [3.05, 3.63) is 188 Å². The van der Waals surface area contributed by atoms with Gasteiger partial charge in [0.15, 0.2) is 7.14 Å². The van der Waals surface area contributed by atoms with E-state index in [1.807, 2.05) is 97.2 Å². The molecule has 7 aromatic carbocycles. The topological polar surface area (TPSA) is 48.0 Å². The van der Waals surface area contributed by atoms with Crippen LogP contribution in [0.4, 0.5) is 0 Å². The zero-order valence-corrected chi connectivity index (χ0v) is 29.0. The number of hydrogen-bond donors (Lipinski definition) is 0. The summed E-state index contributed by atoms with van der Waals surface area (Å²) in [4.78, 5) is 4.81. The zero-order chi connectivity index (χ0) is 34.6. The molecule has 3 aromatic heterocycles. The van der Waals surface area contributed by atoms with Gasteiger partial charge in [-0.25, -0.2) is 0 Å². The molecule has 4 nitrogen and oxygen atoms in total. The Kier molecular flexibility index (Phi) is 7.06. The van der Waals surface area contributed by atoms with Gasteiger partial charge in [0.2, 0.25) is 0 Å². The molecule has 246 valence electrons. The van der Waals surface area contributed by atoms with Gasteiger partial charge in [-0.05, 0) is 82.9 Å². The maximum Gasteiger partial charge on any atom is 0.171 e. The molecule has 0 saturated carbocycles. The molecule has 0 fully saturated rings. The van der Waals surface area contributed by atoms with Crippen LogP contribution in [0.2, 0.25) is 0 Å². The molecule has 0 radical (unpaired) electrons. The van der Waals surface area contributed by atoms with Crippen LogP contribution in [-0.4, -0.2) is 9.55 Å². The van der Waals surface area contributed by atoms with E-state index in [1.165, 1.54) is 0 Å². The highest BCUT2D eigenvalue weighted by molar-refractivity contribution is 7.85. The largest absolute Gasteiger partial charge is 0.456 e. The summed E-state index contributed by atoms with van der Waals surface area (Å²) in [6.07, 6.45) is 1.86. The first-order valence-corrected chi connectivity index (χ1v) is 19.1. The third-order valence-corrected chi connectivity index (χ3v) is 13.2. The van der Waals surface area contributed by atoms with Gasteiger partial charge < -0.3 is 13.5 Å². The van der Waals surface area contributed by atoms with Gasteiger partial charge in [-0.2, -0.15) is 0 Å². The molecule has 0 bridgehead atoms. The molecule has 0 aliphatic rings. The monoisotopic (exact) mass is 686 g/mol. The highest BCUT2D eigenvalue weighted by atomic mass is 31.2. The third-order valence-electron chi connectivity index (χ3n) is 10.1. The predicted octanol–water partition coefficient (Wildman–Crippen LogP) is 11.1. The smallest absolute Gasteiger partial charge is 0.171 e. The summed E-state index contributed by atoms with van der Waals surface area (Å²) in [6.45, 7) is 0. The normalized spacial score (nSPS) is 11.9. The van der Waals surface area contributed by atoms with E-state index < -0.39 is 7.14 Å². The van der Waals surface area contributed by atoms with E-state index in [4.69, 9.17) is 9.40 Å². The van der Waals surface area contributed by atoms with E-state index in [0.29, 0.717) is 0 Å². The predicted molar refractivity (Wildman–Crippen MR) is 216 cm³/mol. The third kappa shape index (κ3) is 4.84. The van der Waals surface area contributed by atoms with Crippen molar-refractivity contribution in [2.45, 2.75) is 0 Å². The van der Waals surface area contributed by atoms with E-state index in [0.717, 1.165) is 87.7 Å². The maximum atomic E-state index is 14.9. The lowest BCUT2D eigenvalue weighted by molar-refractivity contribution is 0.592. The van der Waals surface area contributed by atoms with E-state index in [1.54, 1.807) is 0 Å². The van der Waals surface area contributed by atoms with Crippen molar-refractivity contribution in [1.82, 2.24) is 9.55 Å². The molecule has 5 heteroatoms. The van der Waals surface area contributed by atoms with Crippen LogP contribution >= 0.6 is 7.14 Å². The number of benzene rings is 7. The van der Waals surface area contributed by atoms with Gasteiger partial charge in [0.1, 0.15) is 11.2 Å². The van der Waals surface area contributed by atoms with Gasteiger partial charge in [0, 0.05) is 44.0 Å². The van der Waals surface area contributed by atoms with Crippen LogP contribution in [0.5, 0.6) is 0 Å². The Morgan fingerprint density at radius 3 is 1.56 bits per heavy atom. The zero-order valence-electron chi connectivity index (χ0n) is 28.1. The molecule has 3 heterocycles. The van der Waals surface area contributed by atoms with E-state index in [9.17, 15) is 4.57 Å². The second-order valence-corrected chi connectivity index (χ2v) is 15.9. The Morgan fingerprint density at radius 1 is 0.442 bits per heavy atom. The van der Waals surface area contributed by atoms with Gasteiger partial charge >= 0.3 is 0 Å². The number of aromatic nitrogens is 2. The summed E-state index contributed by atoms with van der Waals surface area (Å²) in [6, 6.07) is 61.8. The van der Waals surface area contributed by atoms with Crippen molar-refractivity contribution in [2.24, 2.45) is 0 Å². The number of nitrogens with zero attached hydrogens (tertiary/aromatic N) is 2. The highest BCUT2D eigenvalue weighted by Crippen LogP contribution is 2.43. The lowest BCUT2D eigenvalue weighted by atomic mass is 9.99. The Bertz CT molecular complexity index is 2920. The Labute approximate surface area is 300 Å². The second kappa shape index (κ2) is 12.1. The number of para-hydroxylation sites is 1. The molecule has 0 aliphatic heterocycles. The molecule has 0 unspecified atom stereocenters. The lowest BCUT2D eigenvalue weighted by Crippen LogP contribution is -2.24. The fourth-order valence-corrected chi connectivity index (χ4v) is 10.2. The van der Waals surface area contributed by atoms with Crippen molar-refractivity contribution in [3.8, 4) is 27.9 Å². The SMILES string of the molecule is O=P(c1ccccc1)(c1ccccc1)c1ccc(-c2ccc3oc4ccc(-c5ccc6c(c5)c5ncccc5n6-c5ccccc5)cc4c3c2)cc1. The average Bonchev–Trinajstić information content (AvgIpc) is 3.76. The van der Waals surface area contributed by atoms with Crippen molar-refractivity contribution in [3.63, 3.8) is 0 Å². The maximum absolute atomic E-state index is 14.9. The first-order valence-electron chi connectivity index (χ1n) is 17.4. The number of pyridine rings is 1. The van der Waals surface area contributed by atoms with Crippen LogP contribution in [0, 0.1) is 0 Å². The van der Waals surface area contributed by atoms with E-state index >= 15 is 0 Å². The molecule has 0 saturated heterocycles. The quantitative estimate of drug-likeness (QED) is 0.164. The van der Waals surface area contributed by atoms with Crippen LogP contribution in [0.25, 0.3) is 71.8 Å². The summed E-state index contributed by atoms with van der Waals surface area (Å²) < 4.78 is 23.5. The molecule has 0 spiro atoms. The minimum Gasteiger partial charge on any atom is -0.456 e. The second-order valence-electron chi connectivity index (χ2n) is 13.1. The summed E-state index contributed by atoms with van der Waals surface area (Å²) in [7, 11) is -3.05.